The SMILES string of the molecule is O=C(O)CC1C(=O)NCCN1Cc1ccc(Br)c(F)c1. The van der Waals surface area contributed by atoms with E-state index in [1.165, 1.54) is 6.07 Å². The predicted molar refractivity (Wildman–Crippen MR) is 73.6 cm³/mol. The van der Waals surface area contributed by atoms with Crippen LogP contribution in [-0.2, 0) is 16.1 Å². The topological polar surface area (TPSA) is 69.6 Å². The number of carbonyl (C=O) groups excluding carboxylic acids is 1. The van der Waals surface area contributed by atoms with E-state index in [4.69, 9.17) is 5.11 Å². The molecule has 5 nitrogen and oxygen atoms in total. The highest BCUT2D eigenvalue weighted by Crippen LogP contribution is 2.19. The smallest absolute Gasteiger partial charge is 0.305 e. The van der Waals surface area contributed by atoms with Crippen LogP contribution in [-0.4, -0.2) is 41.0 Å². The highest BCUT2D eigenvalue weighted by Gasteiger charge is 2.31. The Labute approximate surface area is 123 Å². The van der Waals surface area contributed by atoms with Gasteiger partial charge < -0.3 is 10.4 Å². The fraction of sp³-hybridized carbons (Fsp3) is 0.385. The van der Waals surface area contributed by atoms with Gasteiger partial charge in [-0.2, -0.15) is 0 Å². The summed E-state index contributed by atoms with van der Waals surface area (Å²) in [4.78, 5) is 24.4. The van der Waals surface area contributed by atoms with Crippen LogP contribution in [0.5, 0.6) is 0 Å². The number of halogens is 2. The van der Waals surface area contributed by atoms with E-state index in [1.54, 1.807) is 17.0 Å². The molecule has 0 aliphatic carbocycles. The molecule has 1 aliphatic heterocycles. The normalized spacial score (nSPS) is 19.7. The third-order valence-electron chi connectivity index (χ3n) is 3.18. The Morgan fingerprint density at radius 2 is 2.30 bits per heavy atom. The number of hydrogen-bond donors (Lipinski definition) is 2. The van der Waals surface area contributed by atoms with Crippen LogP contribution in [0.2, 0.25) is 0 Å². The quantitative estimate of drug-likeness (QED) is 0.865. The van der Waals surface area contributed by atoms with E-state index in [1.807, 2.05) is 0 Å². The Balaban J connectivity index is 2.13. The number of nitrogens with one attached hydrogen (secondary N) is 1. The summed E-state index contributed by atoms with van der Waals surface area (Å²) in [5, 5.41) is 11.5. The predicted octanol–water partition coefficient (Wildman–Crippen LogP) is 1.36. The Morgan fingerprint density at radius 3 is 2.95 bits per heavy atom. The molecule has 1 unspecified atom stereocenters. The summed E-state index contributed by atoms with van der Waals surface area (Å²) >= 11 is 3.08. The Morgan fingerprint density at radius 1 is 1.55 bits per heavy atom. The number of rotatable bonds is 4. The van der Waals surface area contributed by atoms with Gasteiger partial charge in [-0.3, -0.25) is 14.5 Å². The molecule has 108 valence electrons. The second-order valence-electron chi connectivity index (χ2n) is 4.62. The minimum Gasteiger partial charge on any atom is -0.481 e. The number of benzene rings is 1. The molecule has 20 heavy (non-hydrogen) atoms. The summed E-state index contributed by atoms with van der Waals surface area (Å²) in [7, 11) is 0. The Bertz CT molecular complexity index is 538. The molecule has 7 heteroatoms. The van der Waals surface area contributed by atoms with E-state index in [2.05, 4.69) is 21.2 Å². The zero-order chi connectivity index (χ0) is 14.7. The molecule has 2 rings (SSSR count). The average Bonchev–Trinajstić information content (AvgIpc) is 2.38. The maximum Gasteiger partial charge on any atom is 0.305 e. The van der Waals surface area contributed by atoms with Crippen molar-refractivity contribution in [2.75, 3.05) is 13.1 Å². The summed E-state index contributed by atoms with van der Waals surface area (Å²) in [5.74, 6) is -1.70. The van der Waals surface area contributed by atoms with Crippen molar-refractivity contribution in [3.8, 4) is 0 Å². The van der Waals surface area contributed by atoms with Crippen LogP contribution in [0.1, 0.15) is 12.0 Å². The number of carboxylic acids is 1. The largest absolute Gasteiger partial charge is 0.481 e. The lowest BCUT2D eigenvalue weighted by Crippen LogP contribution is -2.55. The van der Waals surface area contributed by atoms with Crippen molar-refractivity contribution in [1.82, 2.24) is 10.2 Å². The average molecular weight is 345 g/mol. The van der Waals surface area contributed by atoms with Crippen LogP contribution < -0.4 is 5.32 Å². The third-order valence-corrected chi connectivity index (χ3v) is 3.82. The maximum absolute atomic E-state index is 13.5. The van der Waals surface area contributed by atoms with E-state index in [-0.39, 0.29) is 18.1 Å². The van der Waals surface area contributed by atoms with Crippen LogP contribution in [0.3, 0.4) is 0 Å². The molecule has 1 amide bonds. The fourth-order valence-electron chi connectivity index (χ4n) is 2.21. The molecular weight excluding hydrogens is 331 g/mol. The lowest BCUT2D eigenvalue weighted by Gasteiger charge is -2.34. The number of carboxylic acid groups (broad SMARTS) is 1. The number of amides is 1. The molecule has 0 bridgehead atoms. The van der Waals surface area contributed by atoms with Crippen LogP contribution in [0.4, 0.5) is 4.39 Å². The molecule has 1 heterocycles. The number of nitrogens with zero attached hydrogens (tertiary/aromatic N) is 1. The molecule has 0 spiro atoms. The van der Waals surface area contributed by atoms with Crippen molar-refractivity contribution >= 4 is 27.8 Å². The number of piperazine rings is 1. The first-order valence-corrected chi connectivity index (χ1v) is 6.94. The second-order valence-corrected chi connectivity index (χ2v) is 5.48. The summed E-state index contributed by atoms with van der Waals surface area (Å²) in [6.07, 6.45) is -0.259. The first kappa shape index (κ1) is 14.9. The fourth-order valence-corrected chi connectivity index (χ4v) is 2.46. The Hall–Kier alpha value is -1.47. The lowest BCUT2D eigenvalue weighted by molar-refractivity contribution is -0.143. The van der Waals surface area contributed by atoms with Crippen molar-refractivity contribution in [3.05, 3.63) is 34.1 Å². The van der Waals surface area contributed by atoms with Crippen LogP contribution >= 0.6 is 15.9 Å². The van der Waals surface area contributed by atoms with Gasteiger partial charge >= 0.3 is 5.97 Å². The van der Waals surface area contributed by atoms with Gasteiger partial charge in [0.05, 0.1) is 10.9 Å². The third kappa shape index (κ3) is 3.55. The van der Waals surface area contributed by atoms with Crippen molar-refractivity contribution in [2.45, 2.75) is 19.0 Å². The van der Waals surface area contributed by atoms with Gasteiger partial charge in [-0.05, 0) is 33.6 Å². The van der Waals surface area contributed by atoms with Gasteiger partial charge in [0, 0.05) is 19.6 Å². The lowest BCUT2D eigenvalue weighted by atomic mass is 10.1. The van der Waals surface area contributed by atoms with Gasteiger partial charge in [-0.15, -0.1) is 0 Å². The highest BCUT2D eigenvalue weighted by molar-refractivity contribution is 9.10. The van der Waals surface area contributed by atoms with E-state index in [9.17, 15) is 14.0 Å². The van der Waals surface area contributed by atoms with Crippen LogP contribution in [0.25, 0.3) is 0 Å². The van der Waals surface area contributed by atoms with Crippen molar-refractivity contribution in [2.24, 2.45) is 0 Å². The first-order valence-electron chi connectivity index (χ1n) is 6.15. The summed E-state index contributed by atoms with van der Waals surface area (Å²) in [5.41, 5.74) is 0.704. The van der Waals surface area contributed by atoms with Crippen LogP contribution in [0, 0.1) is 5.82 Å². The zero-order valence-corrected chi connectivity index (χ0v) is 12.2. The van der Waals surface area contributed by atoms with E-state index < -0.39 is 12.0 Å². The Kier molecular flexibility index (Phi) is 4.72. The van der Waals surface area contributed by atoms with Gasteiger partial charge in [-0.25, -0.2) is 4.39 Å². The molecule has 1 saturated heterocycles. The highest BCUT2D eigenvalue weighted by atomic mass is 79.9. The standard InChI is InChI=1S/C13H14BrFN2O3/c14-9-2-1-8(5-10(9)15)7-17-4-3-16-13(20)11(17)6-12(18)19/h1-2,5,11H,3-4,6-7H2,(H,16,20)(H,18,19). The number of carbonyl (C=O) groups is 2. The molecule has 1 fully saturated rings. The van der Waals surface area contributed by atoms with E-state index >= 15 is 0 Å². The molecule has 2 N–H and O–H groups in total. The zero-order valence-electron chi connectivity index (χ0n) is 10.6. The first-order chi connectivity index (χ1) is 9.47. The van der Waals surface area contributed by atoms with E-state index in [0.29, 0.717) is 29.7 Å². The minimum absolute atomic E-state index is 0.259. The van der Waals surface area contributed by atoms with Gasteiger partial charge in [0.15, 0.2) is 0 Å². The number of aliphatic carboxylic acids is 1. The molecule has 0 aromatic heterocycles. The van der Waals surface area contributed by atoms with E-state index in [0.717, 1.165) is 0 Å². The number of hydrogen-bond acceptors (Lipinski definition) is 3. The molecule has 0 saturated carbocycles. The molecular formula is C13H14BrFN2O3. The van der Waals surface area contributed by atoms with Crippen molar-refractivity contribution in [1.29, 1.82) is 0 Å². The van der Waals surface area contributed by atoms with Gasteiger partial charge in [-0.1, -0.05) is 6.07 Å². The molecule has 1 atom stereocenters. The molecule has 1 aromatic carbocycles. The van der Waals surface area contributed by atoms with Crippen molar-refractivity contribution in [3.63, 3.8) is 0 Å². The van der Waals surface area contributed by atoms with Gasteiger partial charge in [0.25, 0.3) is 0 Å². The summed E-state index contributed by atoms with van der Waals surface area (Å²) in [6.45, 7) is 1.35. The van der Waals surface area contributed by atoms with Crippen LogP contribution in [0.15, 0.2) is 22.7 Å². The molecule has 1 aromatic rings. The monoisotopic (exact) mass is 344 g/mol. The minimum atomic E-state index is -1.03. The molecule has 1 aliphatic rings. The summed E-state index contributed by atoms with van der Waals surface area (Å²) < 4.78 is 13.9. The summed E-state index contributed by atoms with van der Waals surface area (Å²) in [6, 6.07) is 4.01. The molecule has 0 radical (unpaired) electrons. The van der Waals surface area contributed by atoms with Gasteiger partial charge in [0.2, 0.25) is 5.91 Å². The van der Waals surface area contributed by atoms with Gasteiger partial charge in [0.1, 0.15) is 11.9 Å². The second kappa shape index (κ2) is 6.32. The van der Waals surface area contributed by atoms with Crippen molar-refractivity contribution < 1.29 is 19.1 Å². The maximum atomic E-state index is 13.5.